The molecule has 0 radical (unpaired) electrons. The first-order chi connectivity index (χ1) is 12.7. The van der Waals surface area contributed by atoms with Crippen molar-refractivity contribution < 1.29 is 17.9 Å². The van der Waals surface area contributed by atoms with Crippen LogP contribution in [0, 0.1) is 0 Å². The lowest BCUT2D eigenvalue weighted by Crippen LogP contribution is -2.33. The lowest BCUT2D eigenvalue weighted by molar-refractivity contribution is -0.137. The number of H-pyrrole nitrogens is 1. The third-order valence-electron chi connectivity index (χ3n) is 3.88. The zero-order valence-corrected chi connectivity index (χ0v) is 14.0. The fourth-order valence-electron chi connectivity index (χ4n) is 2.44. The summed E-state index contributed by atoms with van der Waals surface area (Å²) in [5.74, 6) is 0.690. The van der Waals surface area contributed by atoms with Gasteiger partial charge in [-0.3, -0.25) is 9.78 Å². The Morgan fingerprint density at radius 2 is 1.56 bits per heavy atom. The van der Waals surface area contributed by atoms with Gasteiger partial charge < -0.3 is 4.74 Å². The first kappa shape index (κ1) is 18.4. The molecule has 1 N–H and O–H groups in total. The Hall–Kier alpha value is -3.36. The van der Waals surface area contributed by atoms with E-state index in [0.29, 0.717) is 5.75 Å². The van der Waals surface area contributed by atoms with E-state index in [-0.39, 0.29) is 5.75 Å². The van der Waals surface area contributed by atoms with Gasteiger partial charge in [-0.1, -0.05) is 12.1 Å². The van der Waals surface area contributed by atoms with Gasteiger partial charge in [0.1, 0.15) is 17.7 Å². The number of aromatic amines is 1. The third kappa shape index (κ3) is 4.25. The molecule has 0 aliphatic rings. The summed E-state index contributed by atoms with van der Waals surface area (Å²) >= 11 is 0. The number of rotatable bonds is 4. The van der Waals surface area contributed by atoms with Crippen molar-refractivity contribution in [3.05, 3.63) is 86.7 Å². The van der Waals surface area contributed by atoms with Crippen molar-refractivity contribution in [2.24, 2.45) is 0 Å². The highest BCUT2D eigenvalue weighted by Gasteiger charge is 2.30. The third-order valence-corrected chi connectivity index (χ3v) is 3.88. The van der Waals surface area contributed by atoms with Crippen molar-refractivity contribution in [3.63, 3.8) is 0 Å². The van der Waals surface area contributed by atoms with Gasteiger partial charge in [-0.15, -0.1) is 0 Å². The molecule has 3 aromatic rings. The predicted octanol–water partition coefficient (Wildman–Crippen LogP) is 3.35. The standard InChI is InChI=1S/C18H14F3N3O3/c1-11(24-17(26)23-16(25)10-22-24)12-2-6-14(7-3-12)27-15-8-4-13(5-9-15)18(19,20)21/h2-11H,1H3,(H,23,25,26). The van der Waals surface area contributed by atoms with Gasteiger partial charge in [-0.2, -0.15) is 18.3 Å². The zero-order chi connectivity index (χ0) is 19.6. The van der Waals surface area contributed by atoms with Crippen LogP contribution in [0.25, 0.3) is 0 Å². The summed E-state index contributed by atoms with van der Waals surface area (Å²) in [6.45, 7) is 1.73. The van der Waals surface area contributed by atoms with E-state index in [2.05, 4.69) is 10.1 Å². The molecular weight excluding hydrogens is 363 g/mol. The molecule has 1 atom stereocenters. The minimum atomic E-state index is -4.40. The number of benzene rings is 2. The van der Waals surface area contributed by atoms with Crippen LogP contribution in [0.4, 0.5) is 13.2 Å². The van der Waals surface area contributed by atoms with Crippen LogP contribution >= 0.6 is 0 Å². The number of hydrogen-bond acceptors (Lipinski definition) is 4. The second kappa shape index (κ2) is 7.10. The number of ether oxygens (including phenoxy) is 1. The molecule has 0 amide bonds. The summed E-state index contributed by atoms with van der Waals surface area (Å²) < 4.78 is 44.4. The van der Waals surface area contributed by atoms with E-state index in [1.165, 1.54) is 12.1 Å². The molecule has 140 valence electrons. The Bertz CT molecular complexity index is 1040. The average Bonchev–Trinajstić information content (AvgIpc) is 2.61. The van der Waals surface area contributed by atoms with Crippen molar-refractivity contribution in [2.45, 2.75) is 19.1 Å². The smallest absolute Gasteiger partial charge is 0.416 e. The maximum atomic E-state index is 12.6. The summed E-state index contributed by atoms with van der Waals surface area (Å²) in [5.41, 5.74) is -1.22. The Kier molecular flexibility index (Phi) is 4.85. The molecule has 0 bridgehead atoms. The Morgan fingerprint density at radius 3 is 2.07 bits per heavy atom. The Labute approximate surface area is 150 Å². The molecule has 0 aliphatic heterocycles. The fraction of sp³-hybridized carbons (Fsp3) is 0.167. The molecular formula is C18H14F3N3O3. The largest absolute Gasteiger partial charge is 0.457 e. The number of hydrogen-bond donors (Lipinski definition) is 1. The molecule has 0 aliphatic carbocycles. The van der Waals surface area contributed by atoms with E-state index in [1.54, 1.807) is 31.2 Å². The van der Waals surface area contributed by atoms with Crippen LogP contribution in [0.15, 0.2) is 64.3 Å². The fourth-order valence-corrected chi connectivity index (χ4v) is 2.44. The SMILES string of the molecule is CC(c1ccc(Oc2ccc(C(F)(F)F)cc2)cc1)n1ncc(=O)[nH]c1=O. The molecule has 3 rings (SSSR count). The molecule has 27 heavy (non-hydrogen) atoms. The van der Waals surface area contributed by atoms with Crippen LogP contribution in [0.3, 0.4) is 0 Å². The highest BCUT2D eigenvalue weighted by molar-refractivity contribution is 5.35. The van der Waals surface area contributed by atoms with E-state index >= 15 is 0 Å². The zero-order valence-electron chi connectivity index (χ0n) is 14.0. The predicted molar refractivity (Wildman–Crippen MR) is 90.9 cm³/mol. The lowest BCUT2D eigenvalue weighted by atomic mass is 10.1. The van der Waals surface area contributed by atoms with E-state index in [1.807, 2.05) is 0 Å². The molecule has 1 heterocycles. The topological polar surface area (TPSA) is 77.0 Å². The van der Waals surface area contributed by atoms with E-state index in [0.717, 1.165) is 28.6 Å². The van der Waals surface area contributed by atoms with E-state index in [9.17, 15) is 22.8 Å². The van der Waals surface area contributed by atoms with Gasteiger partial charge in [0.2, 0.25) is 0 Å². The normalized spacial score (nSPS) is 12.6. The summed E-state index contributed by atoms with van der Waals surface area (Å²) in [5, 5.41) is 3.81. The van der Waals surface area contributed by atoms with Crippen LogP contribution in [0.5, 0.6) is 11.5 Å². The average molecular weight is 377 g/mol. The van der Waals surface area contributed by atoms with Gasteiger partial charge in [-0.05, 0) is 48.9 Å². The van der Waals surface area contributed by atoms with Crippen LogP contribution in [-0.4, -0.2) is 14.8 Å². The lowest BCUT2D eigenvalue weighted by Gasteiger charge is -2.14. The molecule has 1 unspecified atom stereocenters. The quantitative estimate of drug-likeness (QED) is 0.757. The minimum Gasteiger partial charge on any atom is -0.457 e. The second-order valence-corrected chi connectivity index (χ2v) is 5.75. The molecule has 0 saturated carbocycles. The number of nitrogens with zero attached hydrogens (tertiary/aromatic N) is 2. The van der Waals surface area contributed by atoms with Crippen LogP contribution < -0.4 is 16.0 Å². The first-order valence-corrected chi connectivity index (χ1v) is 7.87. The molecule has 0 fully saturated rings. The highest BCUT2D eigenvalue weighted by atomic mass is 19.4. The van der Waals surface area contributed by atoms with Crippen molar-refractivity contribution >= 4 is 0 Å². The van der Waals surface area contributed by atoms with Crippen molar-refractivity contribution in [1.82, 2.24) is 14.8 Å². The number of aromatic nitrogens is 3. The van der Waals surface area contributed by atoms with Crippen LogP contribution in [0.1, 0.15) is 24.1 Å². The molecule has 9 heteroatoms. The highest BCUT2D eigenvalue weighted by Crippen LogP contribution is 2.31. The van der Waals surface area contributed by atoms with Gasteiger partial charge in [0, 0.05) is 0 Å². The van der Waals surface area contributed by atoms with Gasteiger partial charge in [-0.25, -0.2) is 9.48 Å². The second-order valence-electron chi connectivity index (χ2n) is 5.75. The summed E-state index contributed by atoms with van der Waals surface area (Å²) in [4.78, 5) is 25.0. The van der Waals surface area contributed by atoms with E-state index < -0.39 is 29.0 Å². The van der Waals surface area contributed by atoms with Crippen molar-refractivity contribution in [3.8, 4) is 11.5 Å². The maximum absolute atomic E-state index is 12.6. The van der Waals surface area contributed by atoms with Crippen molar-refractivity contribution in [2.75, 3.05) is 0 Å². The van der Waals surface area contributed by atoms with Crippen LogP contribution in [0.2, 0.25) is 0 Å². The molecule has 1 aromatic heterocycles. The number of halogens is 3. The number of alkyl halides is 3. The molecule has 0 saturated heterocycles. The van der Waals surface area contributed by atoms with Gasteiger partial charge >= 0.3 is 11.9 Å². The maximum Gasteiger partial charge on any atom is 0.416 e. The number of nitrogens with one attached hydrogen (secondary N) is 1. The van der Waals surface area contributed by atoms with Gasteiger partial charge in [0.25, 0.3) is 5.56 Å². The molecule has 6 nitrogen and oxygen atoms in total. The minimum absolute atomic E-state index is 0.266. The van der Waals surface area contributed by atoms with Crippen LogP contribution in [-0.2, 0) is 6.18 Å². The summed E-state index contributed by atoms with van der Waals surface area (Å²) in [6, 6.07) is 10.6. The first-order valence-electron chi connectivity index (χ1n) is 7.87. The van der Waals surface area contributed by atoms with Gasteiger partial charge in [0.15, 0.2) is 0 Å². The summed E-state index contributed by atoms with van der Waals surface area (Å²) in [7, 11) is 0. The molecule has 0 spiro atoms. The Balaban J connectivity index is 1.75. The molecule has 2 aromatic carbocycles. The van der Waals surface area contributed by atoms with E-state index in [4.69, 9.17) is 4.74 Å². The monoisotopic (exact) mass is 377 g/mol. The Morgan fingerprint density at radius 1 is 1.00 bits per heavy atom. The van der Waals surface area contributed by atoms with Crippen molar-refractivity contribution in [1.29, 1.82) is 0 Å². The van der Waals surface area contributed by atoms with Gasteiger partial charge in [0.05, 0.1) is 11.6 Å². The summed E-state index contributed by atoms with van der Waals surface area (Å²) in [6.07, 6.45) is -3.38.